The first-order chi connectivity index (χ1) is 25.7. The highest BCUT2D eigenvalue weighted by atomic mass is 32.1. The van der Waals surface area contributed by atoms with Crippen LogP contribution in [0.5, 0.6) is 0 Å². The van der Waals surface area contributed by atoms with Gasteiger partial charge in [-0.2, -0.15) is 0 Å². The Hall–Kier alpha value is -6.10. The van der Waals surface area contributed by atoms with Crippen molar-refractivity contribution in [3.63, 3.8) is 0 Å². The lowest BCUT2D eigenvalue weighted by atomic mass is 9.36. The molecule has 0 unspecified atom stereocenters. The second kappa shape index (κ2) is 10.2. The molecule has 0 bridgehead atoms. The van der Waals surface area contributed by atoms with E-state index in [1.165, 1.54) is 99.2 Å². The van der Waals surface area contributed by atoms with E-state index in [2.05, 4.69) is 187 Å². The van der Waals surface area contributed by atoms with Crippen molar-refractivity contribution >= 4 is 67.9 Å². The van der Waals surface area contributed by atoms with Crippen LogP contribution in [0.1, 0.15) is 27.1 Å². The summed E-state index contributed by atoms with van der Waals surface area (Å²) in [7, 11) is 0. The fourth-order valence-corrected chi connectivity index (χ4v) is 11.6. The zero-order valence-corrected chi connectivity index (χ0v) is 29.4. The van der Waals surface area contributed by atoms with Crippen LogP contribution in [-0.2, 0) is 5.41 Å². The van der Waals surface area contributed by atoms with Crippen molar-refractivity contribution in [3.8, 4) is 22.3 Å². The van der Waals surface area contributed by atoms with E-state index in [0.29, 0.717) is 0 Å². The summed E-state index contributed by atoms with van der Waals surface area (Å²) in [5.74, 6) is 0. The third kappa shape index (κ3) is 3.41. The Balaban J connectivity index is 1.24. The minimum atomic E-state index is -0.390. The maximum atomic E-state index is 2.60. The minimum Gasteiger partial charge on any atom is -0.311 e. The molecule has 4 heteroatoms. The molecule has 52 heavy (non-hydrogen) atoms. The van der Waals surface area contributed by atoms with Crippen LogP contribution >= 0.6 is 11.3 Å². The Morgan fingerprint density at radius 3 is 1.73 bits per heavy atom. The van der Waals surface area contributed by atoms with Gasteiger partial charge in [0.1, 0.15) is 0 Å². The Morgan fingerprint density at radius 2 is 1.02 bits per heavy atom. The second-order valence-electron chi connectivity index (χ2n) is 14.4. The van der Waals surface area contributed by atoms with Crippen LogP contribution in [-0.4, -0.2) is 6.71 Å². The molecule has 0 N–H and O–H groups in total. The number of anilines is 6. The van der Waals surface area contributed by atoms with E-state index in [1.54, 1.807) is 0 Å². The van der Waals surface area contributed by atoms with E-state index in [1.807, 2.05) is 11.3 Å². The number of hydrogen-bond acceptors (Lipinski definition) is 3. The average Bonchev–Trinajstić information content (AvgIpc) is 3.83. The molecule has 242 valence electrons. The molecule has 3 heterocycles. The zero-order chi connectivity index (χ0) is 34.1. The lowest BCUT2D eigenvalue weighted by molar-refractivity contribution is 0.811. The molecule has 1 aromatic heterocycles. The highest BCUT2D eigenvalue weighted by Crippen LogP contribution is 2.66. The normalized spacial score (nSPS) is 14.7. The Bertz CT molecular complexity index is 2740. The van der Waals surface area contributed by atoms with Gasteiger partial charge in [-0.25, -0.2) is 0 Å². The summed E-state index contributed by atoms with van der Waals surface area (Å²) in [5, 5.41) is 0. The first-order valence-electron chi connectivity index (χ1n) is 18.2. The summed E-state index contributed by atoms with van der Waals surface area (Å²) in [6, 6.07) is 63.6. The van der Waals surface area contributed by atoms with Gasteiger partial charge in [-0.05, 0) is 93.7 Å². The van der Waals surface area contributed by atoms with E-state index in [4.69, 9.17) is 0 Å². The molecular formula is C48H31BN2S. The quantitative estimate of drug-likeness (QED) is 0.168. The number of para-hydroxylation sites is 2. The van der Waals surface area contributed by atoms with Gasteiger partial charge in [0, 0.05) is 43.7 Å². The smallest absolute Gasteiger partial charge is 0.264 e. The van der Waals surface area contributed by atoms with Crippen molar-refractivity contribution in [2.24, 2.45) is 0 Å². The first kappa shape index (κ1) is 28.6. The van der Waals surface area contributed by atoms with Crippen LogP contribution in [0.15, 0.2) is 170 Å². The zero-order valence-electron chi connectivity index (χ0n) is 28.5. The molecule has 0 radical (unpaired) electrons. The van der Waals surface area contributed by atoms with Gasteiger partial charge >= 0.3 is 0 Å². The summed E-state index contributed by atoms with van der Waals surface area (Å²) in [6.07, 6.45) is 0. The monoisotopic (exact) mass is 678 g/mol. The SMILES string of the molecule is Cc1ccc(N2c3cccc4c3B(c3ccccc3N4c3ccccc3)c3sc4c(c32)-c2ccccc2C42c3ccccc3-c3ccccc32)cc1. The number of benzene rings is 7. The maximum absolute atomic E-state index is 2.60. The van der Waals surface area contributed by atoms with Gasteiger partial charge in [-0.15, -0.1) is 11.3 Å². The molecule has 2 aliphatic carbocycles. The summed E-state index contributed by atoms with van der Waals surface area (Å²) in [5.41, 5.74) is 20.6. The number of rotatable bonds is 2. The van der Waals surface area contributed by atoms with Crippen LogP contribution in [0, 0.1) is 6.92 Å². The molecule has 0 fully saturated rings. The Morgan fingerprint density at radius 1 is 0.481 bits per heavy atom. The summed E-state index contributed by atoms with van der Waals surface area (Å²) in [4.78, 5) is 6.51. The van der Waals surface area contributed by atoms with Crippen LogP contribution in [0.4, 0.5) is 34.1 Å². The van der Waals surface area contributed by atoms with Crippen molar-refractivity contribution in [1.82, 2.24) is 0 Å². The second-order valence-corrected chi connectivity index (χ2v) is 15.5. The molecule has 0 saturated carbocycles. The lowest BCUT2D eigenvalue weighted by Crippen LogP contribution is -2.60. The van der Waals surface area contributed by atoms with Crippen LogP contribution in [0.25, 0.3) is 22.3 Å². The Kier molecular flexibility index (Phi) is 5.63. The maximum Gasteiger partial charge on any atom is 0.264 e. The topological polar surface area (TPSA) is 6.48 Å². The van der Waals surface area contributed by atoms with Gasteiger partial charge in [-0.3, -0.25) is 0 Å². The predicted octanol–water partition coefficient (Wildman–Crippen LogP) is 10.5. The number of hydrogen-bond donors (Lipinski definition) is 0. The fraction of sp³-hybridized carbons (Fsp3) is 0.0417. The molecule has 0 saturated heterocycles. The third-order valence-corrected chi connectivity index (χ3v) is 13.3. The van der Waals surface area contributed by atoms with E-state index in [9.17, 15) is 0 Å². The molecule has 2 aliphatic heterocycles. The first-order valence-corrected chi connectivity index (χ1v) is 19.0. The molecule has 7 aromatic carbocycles. The minimum absolute atomic E-state index is 0.0887. The number of aryl methyl sites for hydroxylation is 1. The van der Waals surface area contributed by atoms with Crippen molar-refractivity contribution in [1.29, 1.82) is 0 Å². The van der Waals surface area contributed by atoms with Crippen molar-refractivity contribution in [3.05, 3.63) is 197 Å². The van der Waals surface area contributed by atoms with Gasteiger partial charge in [0.05, 0.1) is 11.1 Å². The van der Waals surface area contributed by atoms with Crippen molar-refractivity contribution < 1.29 is 0 Å². The lowest BCUT2D eigenvalue weighted by Gasteiger charge is -2.43. The summed E-state index contributed by atoms with van der Waals surface area (Å²) in [6.45, 7) is 2.27. The van der Waals surface area contributed by atoms with Crippen LogP contribution in [0.3, 0.4) is 0 Å². The van der Waals surface area contributed by atoms with E-state index < -0.39 is 0 Å². The molecule has 2 nitrogen and oxygen atoms in total. The van der Waals surface area contributed by atoms with Gasteiger partial charge < -0.3 is 9.80 Å². The highest BCUT2D eigenvalue weighted by molar-refractivity contribution is 7.30. The Labute approximate surface area is 308 Å². The standard InChI is InChI=1S/C48H31BN2S/c1-30-26-28-32(29-27-30)51-42-25-13-24-41-44(42)49(39-22-11-12-23-40(39)50(41)31-14-3-2-4-15-31)47-45(51)43-35-18-7-10-21-38(35)48(46(43)52-47)36-19-8-5-16-33(36)34-17-6-9-20-37(34)48/h2-29H,1H3. The molecule has 0 amide bonds. The van der Waals surface area contributed by atoms with E-state index in [-0.39, 0.29) is 12.1 Å². The van der Waals surface area contributed by atoms with Gasteiger partial charge in [0.2, 0.25) is 0 Å². The van der Waals surface area contributed by atoms with Crippen molar-refractivity contribution in [2.75, 3.05) is 9.80 Å². The average molecular weight is 679 g/mol. The predicted molar refractivity (Wildman–Crippen MR) is 219 cm³/mol. The fourth-order valence-electron chi connectivity index (χ4n) is 9.95. The molecule has 12 rings (SSSR count). The van der Waals surface area contributed by atoms with Gasteiger partial charge in [0.15, 0.2) is 0 Å². The van der Waals surface area contributed by atoms with E-state index >= 15 is 0 Å². The molecular weight excluding hydrogens is 647 g/mol. The van der Waals surface area contributed by atoms with Crippen LogP contribution in [0.2, 0.25) is 0 Å². The van der Waals surface area contributed by atoms with Crippen molar-refractivity contribution in [2.45, 2.75) is 12.3 Å². The van der Waals surface area contributed by atoms with E-state index in [0.717, 1.165) is 0 Å². The number of nitrogens with zero attached hydrogens (tertiary/aromatic N) is 2. The highest BCUT2D eigenvalue weighted by Gasteiger charge is 2.56. The summed E-state index contributed by atoms with van der Waals surface area (Å²) < 4.78 is 1.42. The number of fused-ring (bicyclic) bond motifs is 15. The summed E-state index contributed by atoms with van der Waals surface area (Å²) >= 11 is 2.05. The molecule has 4 aliphatic rings. The molecule has 1 spiro atoms. The van der Waals surface area contributed by atoms with Gasteiger partial charge in [0.25, 0.3) is 6.71 Å². The third-order valence-electron chi connectivity index (χ3n) is 11.9. The molecule has 8 aromatic rings. The largest absolute Gasteiger partial charge is 0.311 e. The molecule has 0 atom stereocenters. The van der Waals surface area contributed by atoms with Crippen LogP contribution < -0.4 is 25.5 Å². The van der Waals surface area contributed by atoms with Gasteiger partial charge in [-0.1, -0.05) is 133 Å². The number of thiophene rings is 1.